The highest BCUT2D eigenvalue weighted by Crippen LogP contribution is 2.20. The Kier molecular flexibility index (Phi) is 3.91. The number of ether oxygens (including phenoxy) is 2. The number of carbonyl (C=O) groups excluding carboxylic acids is 2. The lowest BCUT2D eigenvalue weighted by atomic mass is 10.2. The van der Waals surface area contributed by atoms with Crippen LogP contribution in [-0.4, -0.2) is 25.0 Å². The van der Waals surface area contributed by atoms with Crippen molar-refractivity contribution in [2.75, 3.05) is 18.5 Å². The van der Waals surface area contributed by atoms with Gasteiger partial charge in [-0.05, 0) is 18.2 Å². The molecule has 3 N–H and O–H groups in total. The largest absolute Gasteiger partial charge is 0.494 e. The summed E-state index contributed by atoms with van der Waals surface area (Å²) in [5, 5.41) is 2.78. The lowest BCUT2D eigenvalue weighted by Gasteiger charge is -2.15. The van der Waals surface area contributed by atoms with E-state index in [1.807, 2.05) is 0 Å². The number of rotatable bonds is 3. The van der Waals surface area contributed by atoms with E-state index in [4.69, 9.17) is 26.8 Å². The fourth-order valence-corrected chi connectivity index (χ4v) is 1.68. The van der Waals surface area contributed by atoms with Gasteiger partial charge in [0.2, 0.25) is 11.7 Å². The number of amides is 2. The van der Waals surface area contributed by atoms with Gasteiger partial charge in [-0.15, -0.1) is 0 Å². The first-order valence-electron chi connectivity index (χ1n) is 5.43. The highest BCUT2D eigenvalue weighted by atomic mass is 35.5. The molecule has 7 heteroatoms. The Labute approximate surface area is 114 Å². The first-order valence-corrected chi connectivity index (χ1v) is 5.81. The lowest BCUT2D eigenvalue weighted by molar-refractivity contribution is -0.117. The maximum absolute atomic E-state index is 11.8. The quantitative estimate of drug-likeness (QED) is 0.873. The van der Waals surface area contributed by atoms with Gasteiger partial charge in [-0.1, -0.05) is 11.6 Å². The molecule has 1 aliphatic heterocycles. The van der Waals surface area contributed by atoms with Crippen LogP contribution in [0.3, 0.4) is 0 Å². The van der Waals surface area contributed by atoms with Gasteiger partial charge < -0.3 is 20.5 Å². The minimum atomic E-state index is -0.669. The molecule has 1 aromatic carbocycles. The zero-order chi connectivity index (χ0) is 13.8. The van der Waals surface area contributed by atoms with Gasteiger partial charge in [0.15, 0.2) is 0 Å². The maximum atomic E-state index is 11.8. The van der Waals surface area contributed by atoms with Crippen molar-refractivity contribution < 1.29 is 19.1 Å². The van der Waals surface area contributed by atoms with Gasteiger partial charge in [-0.2, -0.15) is 0 Å². The smallest absolute Gasteiger partial charge is 0.294 e. The van der Waals surface area contributed by atoms with Crippen molar-refractivity contribution in [1.82, 2.24) is 0 Å². The van der Waals surface area contributed by atoms with Gasteiger partial charge in [0.05, 0.1) is 10.6 Å². The number of hydrogen-bond acceptors (Lipinski definition) is 4. The maximum Gasteiger partial charge on any atom is 0.294 e. The number of nitrogens with two attached hydrogens (primary N) is 1. The van der Waals surface area contributed by atoms with Crippen LogP contribution in [0, 0.1) is 0 Å². The molecule has 1 aromatic rings. The SMILES string of the molecule is NC(=O)c1cc(NC(=O)C2=COCCO2)ccc1Cl. The summed E-state index contributed by atoms with van der Waals surface area (Å²) < 4.78 is 10.1. The third kappa shape index (κ3) is 3.17. The monoisotopic (exact) mass is 282 g/mol. The number of primary amides is 1. The van der Waals surface area contributed by atoms with E-state index in [0.717, 1.165) is 0 Å². The normalized spacial score (nSPS) is 13.8. The Hall–Kier alpha value is -2.21. The highest BCUT2D eigenvalue weighted by molar-refractivity contribution is 6.34. The van der Waals surface area contributed by atoms with Crippen molar-refractivity contribution >= 4 is 29.1 Å². The van der Waals surface area contributed by atoms with E-state index in [-0.39, 0.29) is 16.3 Å². The molecular formula is C12H11ClN2O4. The van der Waals surface area contributed by atoms with Crippen molar-refractivity contribution in [1.29, 1.82) is 0 Å². The van der Waals surface area contributed by atoms with Gasteiger partial charge in [0.25, 0.3) is 5.91 Å². The van der Waals surface area contributed by atoms with E-state index in [1.165, 1.54) is 18.4 Å². The average Bonchev–Trinajstić information content (AvgIpc) is 2.41. The Morgan fingerprint density at radius 2 is 2.11 bits per heavy atom. The standard InChI is InChI=1S/C12H11ClN2O4/c13-9-2-1-7(5-8(9)11(14)16)15-12(17)10-6-18-3-4-19-10/h1-2,5-6H,3-4H2,(H2,14,16)(H,15,17). The Morgan fingerprint density at radius 1 is 1.32 bits per heavy atom. The second-order valence-corrected chi connectivity index (χ2v) is 4.12. The molecule has 0 atom stereocenters. The molecule has 0 aromatic heterocycles. The third-order valence-electron chi connectivity index (χ3n) is 2.36. The van der Waals surface area contributed by atoms with Gasteiger partial charge >= 0.3 is 0 Å². The molecule has 0 bridgehead atoms. The topological polar surface area (TPSA) is 90.7 Å². The second kappa shape index (κ2) is 5.62. The Balaban J connectivity index is 2.15. The Morgan fingerprint density at radius 3 is 2.74 bits per heavy atom. The lowest BCUT2D eigenvalue weighted by Crippen LogP contribution is -2.21. The number of nitrogens with one attached hydrogen (secondary N) is 1. The molecule has 19 heavy (non-hydrogen) atoms. The number of anilines is 1. The van der Waals surface area contributed by atoms with Crippen LogP contribution in [0.2, 0.25) is 5.02 Å². The van der Waals surface area contributed by atoms with Gasteiger partial charge in [0, 0.05) is 5.69 Å². The average molecular weight is 283 g/mol. The van der Waals surface area contributed by atoms with Crippen molar-refractivity contribution in [2.45, 2.75) is 0 Å². The zero-order valence-electron chi connectivity index (χ0n) is 9.81. The first-order chi connectivity index (χ1) is 9.08. The third-order valence-corrected chi connectivity index (χ3v) is 2.69. The molecule has 2 amide bonds. The molecular weight excluding hydrogens is 272 g/mol. The predicted octanol–water partition coefficient (Wildman–Crippen LogP) is 1.27. The molecule has 0 saturated heterocycles. The van der Waals surface area contributed by atoms with Crippen molar-refractivity contribution in [2.24, 2.45) is 5.73 Å². The van der Waals surface area contributed by atoms with Crippen LogP contribution >= 0.6 is 11.6 Å². The van der Waals surface area contributed by atoms with Gasteiger partial charge in [-0.25, -0.2) is 0 Å². The van der Waals surface area contributed by atoms with Gasteiger partial charge in [0.1, 0.15) is 19.5 Å². The highest BCUT2D eigenvalue weighted by Gasteiger charge is 2.16. The predicted molar refractivity (Wildman–Crippen MR) is 68.6 cm³/mol. The summed E-state index contributed by atoms with van der Waals surface area (Å²) in [5.74, 6) is -1.07. The summed E-state index contributed by atoms with van der Waals surface area (Å²) in [6.45, 7) is 0.718. The number of hydrogen-bond donors (Lipinski definition) is 2. The molecule has 0 aliphatic carbocycles. The first kappa shape index (κ1) is 13.2. The van der Waals surface area contributed by atoms with Crippen LogP contribution in [0.25, 0.3) is 0 Å². The molecule has 0 fully saturated rings. The van der Waals surface area contributed by atoms with Crippen molar-refractivity contribution in [3.05, 3.63) is 40.8 Å². The molecule has 0 saturated carbocycles. The molecule has 100 valence electrons. The molecule has 0 unspecified atom stereocenters. The molecule has 1 aliphatic rings. The van der Waals surface area contributed by atoms with Crippen LogP contribution in [0.4, 0.5) is 5.69 Å². The molecule has 6 nitrogen and oxygen atoms in total. The number of halogens is 1. The summed E-state index contributed by atoms with van der Waals surface area (Å²) in [5.41, 5.74) is 5.69. The van der Waals surface area contributed by atoms with Crippen LogP contribution in [-0.2, 0) is 14.3 Å². The minimum absolute atomic E-state index is 0.0711. The minimum Gasteiger partial charge on any atom is -0.494 e. The van der Waals surface area contributed by atoms with Crippen molar-refractivity contribution in [3.8, 4) is 0 Å². The van der Waals surface area contributed by atoms with Gasteiger partial charge in [-0.3, -0.25) is 9.59 Å². The van der Waals surface area contributed by atoms with E-state index >= 15 is 0 Å². The number of carbonyl (C=O) groups is 2. The molecule has 0 radical (unpaired) electrons. The summed E-state index contributed by atoms with van der Waals surface area (Å²) in [6, 6.07) is 4.42. The summed E-state index contributed by atoms with van der Waals surface area (Å²) >= 11 is 5.81. The van der Waals surface area contributed by atoms with E-state index in [9.17, 15) is 9.59 Å². The second-order valence-electron chi connectivity index (χ2n) is 3.71. The molecule has 2 rings (SSSR count). The van der Waals surface area contributed by atoms with Crippen LogP contribution in [0.5, 0.6) is 0 Å². The summed E-state index contributed by atoms with van der Waals surface area (Å²) in [6.07, 6.45) is 1.24. The van der Waals surface area contributed by atoms with E-state index < -0.39 is 11.8 Å². The van der Waals surface area contributed by atoms with Crippen LogP contribution < -0.4 is 11.1 Å². The van der Waals surface area contributed by atoms with E-state index in [2.05, 4.69) is 5.32 Å². The fraction of sp³-hybridized carbons (Fsp3) is 0.167. The van der Waals surface area contributed by atoms with Crippen molar-refractivity contribution in [3.63, 3.8) is 0 Å². The van der Waals surface area contributed by atoms with E-state index in [1.54, 1.807) is 6.07 Å². The molecule has 1 heterocycles. The number of benzene rings is 1. The summed E-state index contributed by atoms with van der Waals surface area (Å²) in [4.78, 5) is 22.9. The Bertz CT molecular complexity index is 557. The zero-order valence-corrected chi connectivity index (χ0v) is 10.6. The van der Waals surface area contributed by atoms with E-state index in [0.29, 0.717) is 18.9 Å². The fourth-order valence-electron chi connectivity index (χ4n) is 1.47. The van der Waals surface area contributed by atoms with Crippen LogP contribution in [0.15, 0.2) is 30.2 Å². The summed E-state index contributed by atoms with van der Waals surface area (Å²) in [7, 11) is 0. The molecule has 0 spiro atoms. The van der Waals surface area contributed by atoms with Crippen LogP contribution in [0.1, 0.15) is 10.4 Å².